The van der Waals surface area contributed by atoms with Crippen LogP contribution in [-0.4, -0.2) is 12.7 Å². The van der Waals surface area contributed by atoms with Crippen LogP contribution in [0.1, 0.15) is 126 Å². The average molecular weight is 443 g/mol. The van der Waals surface area contributed by atoms with Crippen LogP contribution in [0.4, 0.5) is 4.39 Å². The molecule has 3 aliphatic carbocycles. The van der Waals surface area contributed by atoms with E-state index in [9.17, 15) is 0 Å². The molecule has 5 unspecified atom stereocenters. The van der Waals surface area contributed by atoms with Gasteiger partial charge in [0.25, 0.3) is 0 Å². The molecule has 0 radical (unpaired) electrons. The van der Waals surface area contributed by atoms with Gasteiger partial charge in [0.15, 0.2) is 0 Å². The van der Waals surface area contributed by atoms with Gasteiger partial charge in [0.1, 0.15) is 5.82 Å². The minimum Gasteiger partial charge on any atom is -0.378 e. The highest BCUT2D eigenvalue weighted by Crippen LogP contribution is 2.47. The number of fused-ring (bicyclic) bond motifs is 2. The highest BCUT2D eigenvalue weighted by molar-refractivity contribution is 5.38. The van der Waals surface area contributed by atoms with Gasteiger partial charge in [-0.15, -0.1) is 0 Å². The lowest BCUT2D eigenvalue weighted by Gasteiger charge is -2.42. The van der Waals surface area contributed by atoms with Crippen LogP contribution in [0.3, 0.4) is 0 Å². The highest BCUT2D eigenvalue weighted by atomic mass is 19.1. The van der Waals surface area contributed by atoms with Crippen molar-refractivity contribution in [3.63, 3.8) is 0 Å². The van der Waals surface area contributed by atoms with Gasteiger partial charge in [0, 0.05) is 6.61 Å². The lowest BCUT2D eigenvalue weighted by atomic mass is 9.65. The first-order valence-corrected chi connectivity index (χ1v) is 14.1. The van der Waals surface area contributed by atoms with E-state index in [0.717, 1.165) is 61.2 Å². The maximum absolute atomic E-state index is 15.7. The molecule has 0 amide bonds. The summed E-state index contributed by atoms with van der Waals surface area (Å²) in [7, 11) is 0. The molecule has 0 saturated heterocycles. The second-order valence-corrected chi connectivity index (χ2v) is 11.3. The van der Waals surface area contributed by atoms with Crippen LogP contribution >= 0.6 is 0 Å². The molecule has 2 heteroatoms. The lowest BCUT2D eigenvalue weighted by molar-refractivity contribution is -0.0148. The molecular weight excluding hydrogens is 395 g/mol. The van der Waals surface area contributed by atoms with Gasteiger partial charge >= 0.3 is 0 Å². The molecule has 1 aromatic carbocycles. The Bertz CT molecular complexity index is 713. The molecule has 2 saturated carbocycles. The monoisotopic (exact) mass is 442 g/mol. The topological polar surface area (TPSA) is 9.23 Å². The van der Waals surface area contributed by atoms with Crippen molar-refractivity contribution in [1.29, 1.82) is 0 Å². The Hall–Kier alpha value is -0.890. The van der Waals surface area contributed by atoms with Gasteiger partial charge in [0.05, 0.1) is 6.10 Å². The van der Waals surface area contributed by atoms with Crippen LogP contribution in [0.2, 0.25) is 0 Å². The quantitative estimate of drug-likeness (QED) is 0.329. The second-order valence-electron chi connectivity index (χ2n) is 11.3. The minimum absolute atomic E-state index is 0.173. The first-order chi connectivity index (χ1) is 15.7. The zero-order valence-electron chi connectivity index (χ0n) is 20.8. The van der Waals surface area contributed by atoms with Crippen LogP contribution in [0.5, 0.6) is 0 Å². The minimum atomic E-state index is 0.173. The van der Waals surface area contributed by atoms with E-state index in [1.54, 1.807) is 0 Å². The van der Waals surface area contributed by atoms with Crippen LogP contribution < -0.4 is 0 Å². The molecule has 32 heavy (non-hydrogen) atoms. The van der Waals surface area contributed by atoms with Crippen molar-refractivity contribution >= 4 is 0 Å². The van der Waals surface area contributed by atoms with Crippen molar-refractivity contribution in [2.24, 2.45) is 17.8 Å². The van der Waals surface area contributed by atoms with Crippen LogP contribution in [-0.2, 0) is 17.6 Å². The Morgan fingerprint density at radius 2 is 1.69 bits per heavy atom. The summed E-state index contributed by atoms with van der Waals surface area (Å²) in [4.78, 5) is 0. The summed E-state index contributed by atoms with van der Waals surface area (Å²) in [6.45, 7) is 5.38. The zero-order valence-corrected chi connectivity index (χ0v) is 20.8. The van der Waals surface area contributed by atoms with Crippen molar-refractivity contribution in [3.05, 3.63) is 34.6 Å². The molecular formula is C30H47FO. The number of ether oxygens (including phenoxy) is 1. The van der Waals surface area contributed by atoms with E-state index in [-0.39, 0.29) is 5.82 Å². The average Bonchev–Trinajstić information content (AvgIpc) is 2.82. The molecule has 0 heterocycles. The molecule has 0 N–H and O–H groups in total. The molecule has 0 spiro atoms. The van der Waals surface area contributed by atoms with Crippen molar-refractivity contribution in [2.75, 3.05) is 6.61 Å². The Morgan fingerprint density at radius 1 is 0.875 bits per heavy atom. The Balaban J connectivity index is 1.32. The van der Waals surface area contributed by atoms with Crippen LogP contribution in [0.15, 0.2) is 12.1 Å². The molecule has 3 aliphatic rings. The summed E-state index contributed by atoms with van der Waals surface area (Å²) in [5, 5.41) is 0. The predicted octanol–water partition coefficient (Wildman–Crippen LogP) is 8.77. The summed E-state index contributed by atoms with van der Waals surface area (Å²) >= 11 is 0. The fourth-order valence-electron chi connectivity index (χ4n) is 7.07. The third kappa shape index (κ3) is 5.96. The lowest BCUT2D eigenvalue weighted by Crippen LogP contribution is -2.34. The Morgan fingerprint density at radius 3 is 2.53 bits per heavy atom. The van der Waals surface area contributed by atoms with Crippen molar-refractivity contribution in [2.45, 2.75) is 129 Å². The van der Waals surface area contributed by atoms with E-state index in [2.05, 4.69) is 26.0 Å². The SMILES string of the molecule is CCCCCCCC1CCc2c(ccc(C3CCC4CC(OCCC)CCC4C3)c2F)C1. The summed E-state index contributed by atoms with van der Waals surface area (Å²) in [6.07, 6.45) is 20.3. The molecule has 0 aliphatic heterocycles. The summed E-state index contributed by atoms with van der Waals surface area (Å²) in [5.41, 5.74) is 3.44. The molecule has 1 aromatic rings. The van der Waals surface area contributed by atoms with Crippen molar-refractivity contribution < 1.29 is 9.13 Å². The van der Waals surface area contributed by atoms with Gasteiger partial charge in [-0.2, -0.15) is 0 Å². The largest absolute Gasteiger partial charge is 0.378 e. The maximum atomic E-state index is 15.7. The second kappa shape index (κ2) is 12.0. The number of halogens is 1. The third-order valence-electron chi connectivity index (χ3n) is 8.96. The smallest absolute Gasteiger partial charge is 0.130 e. The van der Waals surface area contributed by atoms with E-state index >= 15 is 4.39 Å². The van der Waals surface area contributed by atoms with E-state index in [4.69, 9.17) is 4.74 Å². The van der Waals surface area contributed by atoms with E-state index in [1.165, 1.54) is 82.6 Å². The molecule has 1 nitrogen and oxygen atoms in total. The van der Waals surface area contributed by atoms with Crippen molar-refractivity contribution in [1.82, 2.24) is 0 Å². The molecule has 2 fully saturated rings. The van der Waals surface area contributed by atoms with Crippen molar-refractivity contribution in [3.8, 4) is 0 Å². The summed E-state index contributed by atoms with van der Waals surface area (Å²) < 4.78 is 21.7. The van der Waals surface area contributed by atoms with Gasteiger partial charge in [0.2, 0.25) is 0 Å². The highest BCUT2D eigenvalue weighted by Gasteiger charge is 2.37. The number of hydrogen-bond acceptors (Lipinski definition) is 1. The Labute approximate surface area is 196 Å². The van der Waals surface area contributed by atoms with E-state index in [1.807, 2.05) is 0 Å². The maximum Gasteiger partial charge on any atom is 0.130 e. The number of rotatable bonds is 10. The van der Waals surface area contributed by atoms with Gasteiger partial charge in [-0.25, -0.2) is 4.39 Å². The third-order valence-corrected chi connectivity index (χ3v) is 8.96. The van der Waals surface area contributed by atoms with Gasteiger partial charge in [-0.3, -0.25) is 0 Å². The molecule has 5 atom stereocenters. The normalized spacial score (nSPS) is 30.0. The first-order valence-electron chi connectivity index (χ1n) is 14.1. The fourth-order valence-corrected chi connectivity index (χ4v) is 7.07. The summed E-state index contributed by atoms with van der Waals surface area (Å²) in [5.74, 6) is 2.97. The van der Waals surface area contributed by atoms with Crippen LogP contribution in [0, 0.1) is 23.6 Å². The molecule has 4 rings (SSSR count). The van der Waals surface area contributed by atoms with E-state index in [0.29, 0.717) is 12.0 Å². The predicted molar refractivity (Wildman–Crippen MR) is 133 cm³/mol. The molecule has 0 aromatic heterocycles. The number of benzene rings is 1. The molecule has 0 bridgehead atoms. The number of hydrogen-bond donors (Lipinski definition) is 0. The van der Waals surface area contributed by atoms with Gasteiger partial charge in [-0.1, -0.05) is 64.5 Å². The van der Waals surface area contributed by atoms with Gasteiger partial charge < -0.3 is 4.74 Å². The number of unbranched alkanes of at least 4 members (excludes halogenated alkanes) is 4. The van der Waals surface area contributed by atoms with E-state index < -0.39 is 0 Å². The fraction of sp³-hybridized carbons (Fsp3) is 0.800. The van der Waals surface area contributed by atoms with Crippen LogP contribution in [0.25, 0.3) is 0 Å². The first kappa shape index (κ1) is 24.2. The summed E-state index contributed by atoms with van der Waals surface area (Å²) in [6, 6.07) is 4.48. The Kier molecular flexibility index (Phi) is 9.09. The zero-order chi connectivity index (χ0) is 22.3. The molecule has 180 valence electrons. The van der Waals surface area contributed by atoms with Gasteiger partial charge in [-0.05, 0) is 105 Å². The standard InChI is InChI=1S/C30H47FO/c1-3-5-6-7-8-9-22-10-16-28-25(19-22)14-17-29(30(28)31)26-12-11-24-21-27(32-18-4-2)15-13-23(24)20-26/h14,17,22-24,26-27H,3-13,15-16,18-21H2,1-2H3.